The number of carbonyl (C=O) groups excluding carboxylic acids is 1. The molecule has 124 valence electrons. The molecule has 0 radical (unpaired) electrons. The maximum atomic E-state index is 12.0. The molecule has 3 rings (SSSR count). The summed E-state index contributed by atoms with van der Waals surface area (Å²) in [6.45, 7) is 1.70. The van der Waals surface area contributed by atoms with Crippen molar-refractivity contribution < 1.29 is 9.72 Å². The Morgan fingerprint density at radius 3 is 2.33 bits per heavy atom. The molecule has 5 nitrogen and oxygen atoms in total. The number of nitrogens with zero attached hydrogens (tertiary/aromatic N) is 2. The zero-order chi connectivity index (χ0) is 17.2. The molecule has 0 N–H and O–H groups in total. The van der Waals surface area contributed by atoms with E-state index in [2.05, 4.69) is 12.1 Å². The van der Waals surface area contributed by atoms with Gasteiger partial charge in [0, 0.05) is 17.3 Å². The molecule has 0 aliphatic heterocycles. The van der Waals surface area contributed by atoms with Crippen molar-refractivity contribution in [3.8, 4) is 0 Å². The number of hydrogen-bond donors (Lipinski definition) is 0. The van der Waals surface area contributed by atoms with Gasteiger partial charge in [-0.1, -0.05) is 43.2 Å². The van der Waals surface area contributed by atoms with E-state index in [9.17, 15) is 14.9 Å². The first-order chi connectivity index (χ1) is 11.6. The second-order valence-electron chi connectivity index (χ2n) is 6.31. The molecule has 1 saturated carbocycles. The summed E-state index contributed by atoms with van der Waals surface area (Å²) < 4.78 is 0. The summed E-state index contributed by atoms with van der Waals surface area (Å²) in [5, 5.41) is 11.0. The minimum Gasteiger partial charge on any atom is -0.305 e. The van der Waals surface area contributed by atoms with E-state index in [1.165, 1.54) is 6.07 Å². The van der Waals surface area contributed by atoms with Crippen LogP contribution in [0.2, 0.25) is 0 Å². The first kappa shape index (κ1) is 16.2. The van der Waals surface area contributed by atoms with Crippen molar-refractivity contribution in [2.75, 3.05) is 4.90 Å². The Morgan fingerprint density at radius 2 is 1.79 bits per heavy atom. The lowest BCUT2D eigenvalue weighted by Crippen LogP contribution is -2.43. The normalized spacial score (nSPS) is 15.9. The van der Waals surface area contributed by atoms with Crippen molar-refractivity contribution in [1.82, 2.24) is 0 Å². The van der Waals surface area contributed by atoms with Gasteiger partial charge in [-0.15, -0.1) is 0 Å². The summed E-state index contributed by atoms with van der Waals surface area (Å²) >= 11 is 0. The molecule has 0 unspecified atom stereocenters. The van der Waals surface area contributed by atoms with Gasteiger partial charge in [-0.25, -0.2) is 0 Å². The van der Waals surface area contributed by atoms with Crippen LogP contribution in [0.4, 0.5) is 11.4 Å². The third-order valence-electron chi connectivity index (χ3n) is 4.96. The lowest BCUT2D eigenvalue weighted by Gasteiger charge is -2.39. The molecule has 1 aliphatic rings. The van der Waals surface area contributed by atoms with Gasteiger partial charge >= 0.3 is 0 Å². The molecule has 0 saturated heterocycles. The predicted octanol–water partition coefficient (Wildman–Crippen LogP) is 4.34. The highest BCUT2D eigenvalue weighted by Crippen LogP contribution is 2.45. The van der Waals surface area contributed by atoms with Gasteiger partial charge in [0.25, 0.3) is 5.69 Å². The SMILES string of the molecule is Cc1cc(N(C=O)C2(c3ccccc3)CCCC2)ccc1[N+](=O)[O-]. The molecule has 1 fully saturated rings. The molecule has 2 aromatic rings. The molecule has 1 amide bonds. The smallest absolute Gasteiger partial charge is 0.272 e. The first-order valence-electron chi connectivity index (χ1n) is 8.14. The third kappa shape index (κ3) is 2.66. The summed E-state index contributed by atoms with van der Waals surface area (Å²) in [5.74, 6) is 0. The molecule has 1 aliphatic carbocycles. The Balaban J connectivity index is 2.08. The van der Waals surface area contributed by atoms with E-state index in [-0.39, 0.29) is 11.2 Å². The highest BCUT2D eigenvalue weighted by molar-refractivity contribution is 5.79. The van der Waals surface area contributed by atoms with Crippen LogP contribution < -0.4 is 4.90 Å². The molecule has 0 spiro atoms. The second kappa shape index (κ2) is 6.43. The number of rotatable bonds is 5. The van der Waals surface area contributed by atoms with Crippen molar-refractivity contribution >= 4 is 17.8 Å². The van der Waals surface area contributed by atoms with Gasteiger partial charge in [0.15, 0.2) is 0 Å². The highest BCUT2D eigenvalue weighted by Gasteiger charge is 2.41. The lowest BCUT2D eigenvalue weighted by molar-refractivity contribution is -0.385. The average molecular weight is 324 g/mol. The van der Waals surface area contributed by atoms with E-state index in [0.717, 1.165) is 37.7 Å². The van der Waals surface area contributed by atoms with E-state index in [4.69, 9.17) is 0 Å². The maximum absolute atomic E-state index is 12.0. The number of amides is 1. The van der Waals surface area contributed by atoms with E-state index in [0.29, 0.717) is 11.3 Å². The highest BCUT2D eigenvalue weighted by atomic mass is 16.6. The van der Waals surface area contributed by atoms with Crippen LogP contribution >= 0.6 is 0 Å². The van der Waals surface area contributed by atoms with Gasteiger partial charge in [0.2, 0.25) is 6.41 Å². The minimum atomic E-state index is -0.396. The fraction of sp³-hybridized carbons (Fsp3) is 0.316. The number of nitro groups is 1. The van der Waals surface area contributed by atoms with Crippen molar-refractivity contribution in [3.05, 3.63) is 69.8 Å². The molecular formula is C19H20N2O3. The molecule has 0 atom stereocenters. The second-order valence-corrected chi connectivity index (χ2v) is 6.31. The van der Waals surface area contributed by atoms with Crippen LogP contribution in [0.1, 0.15) is 36.8 Å². The molecule has 24 heavy (non-hydrogen) atoms. The third-order valence-corrected chi connectivity index (χ3v) is 4.96. The lowest BCUT2D eigenvalue weighted by atomic mass is 9.86. The predicted molar refractivity (Wildman–Crippen MR) is 93.0 cm³/mol. The standard InChI is InChI=1S/C19H20N2O3/c1-15-13-17(9-10-18(15)21(23)24)20(14-22)19(11-5-6-12-19)16-7-3-2-4-8-16/h2-4,7-10,13-14H,5-6,11-12H2,1H3. The van der Waals surface area contributed by atoms with Gasteiger partial charge in [0.1, 0.15) is 0 Å². The largest absolute Gasteiger partial charge is 0.305 e. The number of nitro benzene ring substituents is 1. The van der Waals surface area contributed by atoms with Gasteiger partial charge in [-0.2, -0.15) is 0 Å². The monoisotopic (exact) mass is 324 g/mol. The molecule has 0 bridgehead atoms. The van der Waals surface area contributed by atoms with Gasteiger partial charge in [0.05, 0.1) is 10.5 Å². The fourth-order valence-corrected chi connectivity index (χ4v) is 3.78. The van der Waals surface area contributed by atoms with Crippen molar-refractivity contribution in [2.24, 2.45) is 0 Å². The topological polar surface area (TPSA) is 63.5 Å². The summed E-state index contributed by atoms with van der Waals surface area (Å²) in [6.07, 6.45) is 4.77. The van der Waals surface area contributed by atoms with Crippen LogP contribution in [0.3, 0.4) is 0 Å². The number of hydrogen-bond acceptors (Lipinski definition) is 3. The van der Waals surface area contributed by atoms with Crippen molar-refractivity contribution in [1.29, 1.82) is 0 Å². The Hall–Kier alpha value is -2.69. The Bertz CT molecular complexity index is 752. The van der Waals surface area contributed by atoms with Crippen LogP contribution in [0.25, 0.3) is 0 Å². The fourth-order valence-electron chi connectivity index (χ4n) is 3.78. The quantitative estimate of drug-likeness (QED) is 0.467. The average Bonchev–Trinajstić information content (AvgIpc) is 3.07. The van der Waals surface area contributed by atoms with Crippen LogP contribution in [0, 0.1) is 17.0 Å². The number of anilines is 1. The summed E-state index contributed by atoms with van der Waals surface area (Å²) in [7, 11) is 0. The van der Waals surface area contributed by atoms with Crippen LogP contribution in [0.15, 0.2) is 48.5 Å². The van der Waals surface area contributed by atoms with Crippen molar-refractivity contribution in [2.45, 2.75) is 38.1 Å². The van der Waals surface area contributed by atoms with E-state index >= 15 is 0 Å². The zero-order valence-corrected chi connectivity index (χ0v) is 13.6. The van der Waals surface area contributed by atoms with E-state index < -0.39 is 4.92 Å². The molecule has 0 aromatic heterocycles. The van der Waals surface area contributed by atoms with Crippen molar-refractivity contribution in [3.63, 3.8) is 0 Å². The van der Waals surface area contributed by atoms with E-state index in [1.807, 2.05) is 18.2 Å². The Labute approximate surface area is 141 Å². The molecule has 2 aromatic carbocycles. The number of carbonyl (C=O) groups is 1. The maximum Gasteiger partial charge on any atom is 0.272 e. The Kier molecular flexibility index (Phi) is 4.34. The zero-order valence-electron chi connectivity index (χ0n) is 13.6. The van der Waals surface area contributed by atoms with Gasteiger partial charge in [-0.3, -0.25) is 14.9 Å². The summed E-state index contributed by atoms with van der Waals surface area (Å²) in [5.41, 5.74) is 2.09. The molecule has 5 heteroatoms. The summed E-state index contributed by atoms with van der Waals surface area (Å²) in [6, 6.07) is 14.9. The molecular weight excluding hydrogens is 304 g/mol. The van der Waals surface area contributed by atoms with Crippen LogP contribution in [0.5, 0.6) is 0 Å². The minimum absolute atomic E-state index is 0.0739. The van der Waals surface area contributed by atoms with Gasteiger partial charge < -0.3 is 4.90 Å². The first-order valence-corrected chi connectivity index (χ1v) is 8.14. The number of benzene rings is 2. The van der Waals surface area contributed by atoms with Crippen LogP contribution in [-0.4, -0.2) is 11.3 Å². The molecule has 0 heterocycles. The van der Waals surface area contributed by atoms with Crippen LogP contribution in [-0.2, 0) is 10.3 Å². The van der Waals surface area contributed by atoms with Gasteiger partial charge in [-0.05, 0) is 37.5 Å². The number of aryl methyl sites for hydroxylation is 1. The Morgan fingerprint density at radius 1 is 1.12 bits per heavy atom. The summed E-state index contributed by atoms with van der Waals surface area (Å²) in [4.78, 5) is 24.4. The van der Waals surface area contributed by atoms with E-state index in [1.54, 1.807) is 24.0 Å².